The maximum Gasteiger partial charge on any atom is 0.271 e. The van der Waals surface area contributed by atoms with Crippen molar-refractivity contribution in [1.29, 1.82) is 5.26 Å². The molecule has 0 saturated carbocycles. The number of rotatable bonds is 4. The molecule has 0 fully saturated rings. The van der Waals surface area contributed by atoms with Gasteiger partial charge in [0.2, 0.25) is 11.7 Å². The number of fused-ring (bicyclic) bond motifs is 1. The van der Waals surface area contributed by atoms with Gasteiger partial charge < -0.3 is 5.11 Å². The highest BCUT2D eigenvalue weighted by molar-refractivity contribution is 7.22. The summed E-state index contributed by atoms with van der Waals surface area (Å²) >= 11 is 19.8. The molecule has 10 heteroatoms. The van der Waals surface area contributed by atoms with Gasteiger partial charge in [0.05, 0.1) is 27.0 Å². The Labute approximate surface area is 205 Å². The van der Waals surface area contributed by atoms with Gasteiger partial charge in [-0.2, -0.15) is 5.26 Å². The molecule has 0 atom stereocenters. The van der Waals surface area contributed by atoms with E-state index in [4.69, 9.17) is 34.8 Å². The molecule has 4 aromatic rings. The predicted molar refractivity (Wildman–Crippen MR) is 128 cm³/mol. The van der Waals surface area contributed by atoms with Gasteiger partial charge in [0.1, 0.15) is 17.4 Å². The van der Waals surface area contributed by atoms with Crippen molar-refractivity contribution < 1.29 is 14.3 Å². The fourth-order valence-electron chi connectivity index (χ4n) is 3.51. The van der Waals surface area contributed by atoms with Crippen LogP contribution in [-0.2, 0) is 6.54 Å². The normalized spacial score (nSPS) is 11.0. The number of nitrogens with zero attached hydrogens (tertiary/aromatic N) is 2. The summed E-state index contributed by atoms with van der Waals surface area (Å²) in [7, 11) is 0. The Kier molecular flexibility index (Phi) is 6.21. The van der Waals surface area contributed by atoms with E-state index in [0.29, 0.717) is 20.7 Å². The number of halogens is 4. The van der Waals surface area contributed by atoms with Gasteiger partial charge in [0.25, 0.3) is 5.56 Å². The topological polar surface area (TPSA) is 83.1 Å². The predicted octanol–water partition coefficient (Wildman–Crippen LogP) is 6.33. The number of benzene rings is 2. The van der Waals surface area contributed by atoms with E-state index >= 15 is 0 Å². The maximum atomic E-state index is 13.5. The molecule has 2 aromatic carbocycles. The molecular weight excluding hydrogens is 510 g/mol. The number of aromatic nitrogens is 1. The van der Waals surface area contributed by atoms with Gasteiger partial charge in [-0.05, 0) is 42.3 Å². The standard InChI is InChI=1S/C23H12Cl3FN2O3S/c1-10-14(8-28)22(31)29(9-11-2-4-13(27)5-3-11)23(32)17(10)20(30)21-19(26)18-15(25)6-12(24)7-16(18)33-21/h2-7,32H,9H2,1H3. The van der Waals surface area contributed by atoms with Crippen molar-refractivity contribution in [3.8, 4) is 11.9 Å². The lowest BCUT2D eigenvalue weighted by molar-refractivity contribution is 0.103. The van der Waals surface area contributed by atoms with Crippen LogP contribution in [0.5, 0.6) is 5.88 Å². The summed E-state index contributed by atoms with van der Waals surface area (Å²) in [4.78, 5) is 26.4. The molecule has 166 valence electrons. The largest absolute Gasteiger partial charge is 0.494 e. The first kappa shape index (κ1) is 23.3. The minimum atomic E-state index is -0.773. The number of hydrogen-bond donors (Lipinski definition) is 1. The van der Waals surface area contributed by atoms with Crippen LogP contribution in [0.2, 0.25) is 15.1 Å². The molecule has 0 aliphatic carbocycles. The number of ketones is 1. The molecule has 0 amide bonds. The van der Waals surface area contributed by atoms with Crippen molar-refractivity contribution >= 4 is 62.0 Å². The average Bonchev–Trinajstić information content (AvgIpc) is 3.09. The Hall–Kier alpha value is -2.89. The van der Waals surface area contributed by atoms with E-state index in [2.05, 4.69) is 0 Å². The minimum absolute atomic E-state index is 0.0259. The van der Waals surface area contributed by atoms with Gasteiger partial charge in [-0.15, -0.1) is 11.3 Å². The second-order valence-corrected chi connectivity index (χ2v) is 9.44. The fourth-order valence-corrected chi connectivity index (χ4v) is 5.84. The molecule has 0 aliphatic rings. The number of nitriles is 1. The molecule has 0 saturated heterocycles. The quantitative estimate of drug-likeness (QED) is 0.318. The summed E-state index contributed by atoms with van der Waals surface area (Å²) < 4.78 is 14.7. The van der Waals surface area contributed by atoms with E-state index in [0.717, 1.165) is 15.9 Å². The zero-order valence-corrected chi connectivity index (χ0v) is 19.8. The molecule has 4 rings (SSSR count). The Bertz CT molecular complexity index is 1550. The maximum absolute atomic E-state index is 13.5. The lowest BCUT2D eigenvalue weighted by Gasteiger charge is -2.15. The van der Waals surface area contributed by atoms with Crippen LogP contribution in [0.1, 0.15) is 31.9 Å². The van der Waals surface area contributed by atoms with Crippen molar-refractivity contribution in [2.75, 3.05) is 0 Å². The van der Waals surface area contributed by atoms with E-state index in [1.807, 2.05) is 0 Å². The SMILES string of the molecule is Cc1c(C(=O)c2sc3cc(Cl)cc(Cl)c3c2Cl)c(O)n(Cc2ccc(F)cc2)c(=O)c1C#N. The molecule has 2 heterocycles. The first-order valence-electron chi connectivity index (χ1n) is 9.36. The molecule has 2 aromatic heterocycles. The lowest BCUT2D eigenvalue weighted by atomic mass is 10.0. The molecule has 0 aliphatic heterocycles. The van der Waals surface area contributed by atoms with E-state index in [1.54, 1.807) is 12.1 Å². The summed E-state index contributed by atoms with van der Waals surface area (Å²) in [6, 6.07) is 10.2. The highest BCUT2D eigenvalue weighted by Gasteiger charge is 2.28. The summed E-state index contributed by atoms with van der Waals surface area (Å²) in [5.74, 6) is -1.76. The molecule has 0 spiro atoms. The second-order valence-electron chi connectivity index (χ2n) is 7.16. The van der Waals surface area contributed by atoms with Crippen LogP contribution >= 0.6 is 46.1 Å². The Morgan fingerprint density at radius 3 is 2.52 bits per heavy atom. The van der Waals surface area contributed by atoms with Crippen LogP contribution in [0.3, 0.4) is 0 Å². The Morgan fingerprint density at radius 2 is 1.88 bits per heavy atom. The minimum Gasteiger partial charge on any atom is -0.494 e. The van der Waals surface area contributed by atoms with Crippen LogP contribution in [-0.4, -0.2) is 15.5 Å². The monoisotopic (exact) mass is 520 g/mol. The zero-order valence-electron chi connectivity index (χ0n) is 16.7. The van der Waals surface area contributed by atoms with Crippen LogP contribution in [0, 0.1) is 24.1 Å². The van der Waals surface area contributed by atoms with Crippen LogP contribution < -0.4 is 5.56 Å². The lowest BCUT2D eigenvalue weighted by Crippen LogP contribution is -2.27. The first-order chi connectivity index (χ1) is 15.6. The highest BCUT2D eigenvalue weighted by atomic mass is 35.5. The number of carbonyl (C=O) groups is 1. The van der Waals surface area contributed by atoms with Crippen molar-refractivity contribution in [3.05, 3.63) is 94.8 Å². The summed E-state index contributed by atoms with van der Waals surface area (Å²) in [5.41, 5.74) is -0.787. The number of carbonyl (C=O) groups excluding carboxylic acids is 1. The Morgan fingerprint density at radius 1 is 1.21 bits per heavy atom. The van der Waals surface area contributed by atoms with Crippen LogP contribution in [0.15, 0.2) is 41.2 Å². The summed E-state index contributed by atoms with van der Waals surface area (Å²) in [6.45, 7) is 1.22. The van der Waals surface area contributed by atoms with Gasteiger partial charge in [-0.3, -0.25) is 14.2 Å². The molecule has 5 nitrogen and oxygen atoms in total. The number of hydrogen-bond acceptors (Lipinski definition) is 5. The number of pyridine rings is 1. The Balaban J connectivity index is 1.93. The third kappa shape index (κ3) is 4.00. The highest BCUT2D eigenvalue weighted by Crippen LogP contribution is 2.43. The summed E-state index contributed by atoms with van der Waals surface area (Å²) in [5, 5.41) is 21.7. The van der Waals surface area contributed by atoms with Crippen LogP contribution in [0.4, 0.5) is 4.39 Å². The van der Waals surface area contributed by atoms with Crippen molar-refractivity contribution in [1.82, 2.24) is 4.57 Å². The van der Waals surface area contributed by atoms with Crippen LogP contribution in [0.25, 0.3) is 10.1 Å². The second kappa shape index (κ2) is 8.81. The molecular formula is C23H12Cl3FN2O3S. The number of thiophene rings is 1. The van der Waals surface area contributed by atoms with Crippen molar-refractivity contribution in [3.63, 3.8) is 0 Å². The molecule has 0 unspecified atom stereocenters. The first-order valence-corrected chi connectivity index (χ1v) is 11.3. The summed E-state index contributed by atoms with van der Waals surface area (Å²) in [6.07, 6.45) is 0. The average molecular weight is 522 g/mol. The van der Waals surface area contributed by atoms with E-state index < -0.39 is 23.0 Å². The smallest absolute Gasteiger partial charge is 0.271 e. The van der Waals surface area contributed by atoms with Crippen molar-refractivity contribution in [2.45, 2.75) is 13.5 Å². The number of aromatic hydroxyl groups is 1. The third-order valence-corrected chi connectivity index (χ3v) is 7.28. The molecule has 33 heavy (non-hydrogen) atoms. The van der Waals surface area contributed by atoms with Gasteiger partial charge >= 0.3 is 0 Å². The third-order valence-electron chi connectivity index (χ3n) is 5.14. The van der Waals surface area contributed by atoms with Gasteiger partial charge in [-0.25, -0.2) is 4.39 Å². The van der Waals surface area contributed by atoms with Crippen molar-refractivity contribution in [2.24, 2.45) is 0 Å². The van der Waals surface area contributed by atoms with Gasteiger partial charge in [-0.1, -0.05) is 46.9 Å². The molecule has 1 N–H and O–H groups in total. The van der Waals surface area contributed by atoms with E-state index in [9.17, 15) is 24.3 Å². The fraction of sp³-hybridized carbons (Fsp3) is 0.0870. The van der Waals surface area contributed by atoms with Gasteiger partial charge in [0, 0.05) is 15.1 Å². The zero-order chi connectivity index (χ0) is 24.0. The molecule has 0 bridgehead atoms. The molecule has 0 radical (unpaired) electrons. The van der Waals surface area contributed by atoms with E-state index in [1.165, 1.54) is 37.3 Å². The van der Waals surface area contributed by atoms with E-state index in [-0.39, 0.29) is 38.2 Å². The van der Waals surface area contributed by atoms with Gasteiger partial charge in [0.15, 0.2) is 0 Å².